The monoisotopic (exact) mass is 293 g/mol. The molecule has 1 heterocycles. The quantitative estimate of drug-likeness (QED) is 0.757. The molecule has 0 aromatic carbocycles. The Morgan fingerprint density at radius 3 is 2.48 bits per heavy atom. The largest absolute Gasteiger partial charge is 0.478 e. The lowest BCUT2D eigenvalue weighted by Crippen LogP contribution is -2.17. The lowest BCUT2D eigenvalue weighted by Gasteiger charge is -2.19. The molecule has 1 rings (SSSR count). The number of carboxylic acids is 1. The van der Waals surface area contributed by atoms with Gasteiger partial charge in [0.1, 0.15) is 5.82 Å². The van der Waals surface area contributed by atoms with Gasteiger partial charge in [-0.2, -0.15) is 0 Å². The van der Waals surface area contributed by atoms with E-state index < -0.39 is 5.97 Å². The van der Waals surface area contributed by atoms with Gasteiger partial charge in [0, 0.05) is 17.7 Å². The molecule has 0 atom stereocenters. The van der Waals surface area contributed by atoms with Crippen LogP contribution in [-0.2, 0) is 5.41 Å². The summed E-state index contributed by atoms with van der Waals surface area (Å²) in [4.78, 5) is 17.9. The van der Waals surface area contributed by atoms with Crippen LogP contribution in [0.2, 0.25) is 0 Å². The fraction of sp³-hybridized carbons (Fsp3) is 0.625. The highest BCUT2D eigenvalue weighted by molar-refractivity contribution is 5.88. The van der Waals surface area contributed by atoms with Gasteiger partial charge in [-0.05, 0) is 45.6 Å². The average molecular weight is 293 g/mol. The Balaban J connectivity index is 2.73. The number of anilines is 1. The predicted octanol–water partition coefficient (Wildman–Crippen LogP) is 2.83. The van der Waals surface area contributed by atoms with E-state index in [1.807, 2.05) is 20.8 Å². The molecule has 118 valence electrons. The summed E-state index contributed by atoms with van der Waals surface area (Å²) in [7, 11) is 4.11. The third-order valence-corrected chi connectivity index (χ3v) is 3.18. The predicted molar refractivity (Wildman–Crippen MR) is 86.2 cm³/mol. The molecule has 0 amide bonds. The molecule has 5 heteroatoms. The molecule has 0 aliphatic rings. The van der Waals surface area contributed by atoms with Crippen LogP contribution in [0.1, 0.15) is 49.7 Å². The highest BCUT2D eigenvalue weighted by Crippen LogP contribution is 2.23. The summed E-state index contributed by atoms with van der Waals surface area (Å²) in [5.41, 5.74) is 0.899. The second kappa shape index (κ2) is 7.41. The van der Waals surface area contributed by atoms with Gasteiger partial charge in [-0.15, -0.1) is 0 Å². The summed E-state index contributed by atoms with van der Waals surface area (Å²) in [6.07, 6.45) is 2.13. The third-order valence-electron chi connectivity index (χ3n) is 3.18. The van der Waals surface area contributed by atoms with Crippen molar-refractivity contribution in [2.24, 2.45) is 0 Å². The van der Waals surface area contributed by atoms with Crippen LogP contribution in [-0.4, -0.2) is 48.1 Å². The molecule has 0 unspecified atom stereocenters. The van der Waals surface area contributed by atoms with Gasteiger partial charge in [-0.25, -0.2) is 9.78 Å². The van der Waals surface area contributed by atoms with E-state index in [0.29, 0.717) is 5.82 Å². The van der Waals surface area contributed by atoms with Crippen molar-refractivity contribution in [1.82, 2.24) is 9.88 Å². The Morgan fingerprint density at radius 1 is 1.29 bits per heavy atom. The fourth-order valence-electron chi connectivity index (χ4n) is 1.90. The van der Waals surface area contributed by atoms with Crippen LogP contribution in [0.25, 0.3) is 0 Å². The van der Waals surface area contributed by atoms with E-state index in [-0.39, 0.29) is 11.0 Å². The molecule has 0 saturated heterocycles. The highest BCUT2D eigenvalue weighted by Gasteiger charge is 2.18. The van der Waals surface area contributed by atoms with Gasteiger partial charge in [0.25, 0.3) is 0 Å². The topological polar surface area (TPSA) is 65.5 Å². The molecule has 5 nitrogen and oxygen atoms in total. The van der Waals surface area contributed by atoms with E-state index >= 15 is 0 Å². The Kier molecular flexibility index (Phi) is 6.15. The minimum absolute atomic E-state index is 0.174. The summed E-state index contributed by atoms with van der Waals surface area (Å²) in [6, 6.07) is 3.25. The Hall–Kier alpha value is -1.62. The van der Waals surface area contributed by atoms with Crippen molar-refractivity contribution in [2.45, 2.75) is 39.0 Å². The maximum Gasteiger partial charge on any atom is 0.335 e. The van der Waals surface area contributed by atoms with E-state index in [1.54, 1.807) is 12.1 Å². The number of carboxylic acid groups (broad SMARTS) is 1. The van der Waals surface area contributed by atoms with Gasteiger partial charge in [0.2, 0.25) is 0 Å². The van der Waals surface area contributed by atoms with Crippen molar-refractivity contribution in [3.8, 4) is 0 Å². The maximum atomic E-state index is 11.2. The molecular weight excluding hydrogens is 266 g/mol. The first-order valence-corrected chi connectivity index (χ1v) is 7.34. The Labute approximate surface area is 127 Å². The van der Waals surface area contributed by atoms with Crippen LogP contribution in [0.15, 0.2) is 12.1 Å². The van der Waals surface area contributed by atoms with Gasteiger partial charge < -0.3 is 15.3 Å². The fourth-order valence-corrected chi connectivity index (χ4v) is 1.90. The minimum atomic E-state index is -0.918. The highest BCUT2D eigenvalue weighted by atomic mass is 16.4. The molecular formula is C16H27N3O2. The van der Waals surface area contributed by atoms with Crippen molar-refractivity contribution < 1.29 is 9.90 Å². The standard InChI is InChI=1S/C16H27N3O2/c1-16(2,3)13-10-12(15(20)21)11-14(18-13)17-8-6-7-9-19(4)5/h10-11H,6-9H2,1-5H3,(H,17,18)(H,20,21). The minimum Gasteiger partial charge on any atom is -0.478 e. The zero-order valence-electron chi connectivity index (χ0n) is 13.7. The number of nitrogens with one attached hydrogen (secondary N) is 1. The number of nitrogens with zero attached hydrogens (tertiary/aromatic N) is 2. The summed E-state index contributed by atoms with van der Waals surface area (Å²) in [5.74, 6) is -0.275. The van der Waals surface area contributed by atoms with Gasteiger partial charge >= 0.3 is 5.97 Å². The number of aromatic nitrogens is 1. The van der Waals surface area contributed by atoms with Gasteiger partial charge in [-0.3, -0.25) is 0 Å². The Morgan fingerprint density at radius 2 is 1.95 bits per heavy atom. The van der Waals surface area contributed by atoms with Crippen molar-refractivity contribution >= 4 is 11.8 Å². The average Bonchev–Trinajstić information content (AvgIpc) is 2.36. The van der Waals surface area contributed by atoms with Gasteiger partial charge in [0.05, 0.1) is 5.56 Å². The molecule has 0 bridgehead atoms. The second-order valence-electron chi connectivity index (χ2n) is 6.62. The van der Waals surface area contributed by atoms with Crippen LogP contribution >= 0.6 is 0 Å². The van der Waals surface area contributed by atoms with Crippen LogP contribution in [0.5, 0.6) is 0 Å². The lowest BCUT2D eigenvalue weighted by atomic mass is 9.91. The third kappa shape index (κ3) is 6.12. The molecule has 0 radical (unpaired) electrons. The summed E-state index contributed by atoms with van der Waals surface area (Å²) in [5, 5.41) is 12.4. The van der Waals surface area contributed by atoms with Crippen molar-refractivity contribution in [2.75, 3.05) is 32.5 Å². The van der Waals surface area contributed by atoms with Crippen LogP contribution in [0.4, 0.5) is 5.82 Å². The van der Waals surface area contributed by atoms with Crippen LogP contribution in [0, 0.1) is 0 Å². The number of rotatable bonds is 7. The molecule has 2 N–H and O–H groups in total. The van der Waals surface area contributed by atoms with Gasteiger partial charge in [-0.1, -0.05) is 20.8 Å². The number of unbranched alkanes of at least 4 members (excludes halogenated alkanes) is 1. The summed E-state index contributed by atoms with van der Waals surface area (Å²) >= 11 is 0. The number of pyridine rings is 1. The van der Waals surface area contributed by atoms with E-state index in [9.17, 15) is 9.90 Å². The molecule has 0 spiro atoms. The first kappa shape index (κ1) is 17.4. The Bertz CT molecular complexity index is 479. The summed E-state index contributed by atoms with van der Waals surface area (Å²) < 4.78 is 0. The van der Waals surface area contributed by atoms with Crippen molar-refractivity contribution in [3.63, 3.8) is 0 Å². The first-order valence-electron chi connectivity index (χ1n) is 7.34. The SMILES string of the molecule is CN(C)CCCCNc1cc(C(=O)O)cc(C(C)(C)C)n1. The number of aromatic carboxylic acids is 1. The zero-order chi connectivity index (χ0) is 16.0. The molecule has 0 fully saturated rings. The van der Waals surface area contributed by atoms with E-state index in [0.717, 1.165) is 31.6 Å². The summed E-state index contributed by atoms with van der Waals surface area (Å²) in [6.45, 7) is 7.94. The number of hydrogen-bond acceptors (Lipinski definition) is 4. The van der Waals surface area contributed by atoms with Crippen LogP contribution in [0.3, 0.4) is 0 Å². The van der Waals surface area contributed by atoms with Crippen LogP contribution < -0.4 is 5.32 Å². The molecule has 0 aliphatic carbocycles. The molecule has 1 aromatic heterocycles. The molecule has 0 aliphatic heterocycles. The van der Waals surface area contributed by atoms with E-state index in [1.165, 1.54) is 0 Å². The van der Waals surface area contributed by atoms with E-state index in [2.05, 4.69) is 29.3 Å². The normalized spacial score (nSPS) is 11.7. The van der Waals surface area contributed by atoms with E-state index in [4.69, 9.17) is 0 Å². The smallest absolute Gasteiger partial charge is 0.335 e. The van der Waals surface area contributed by atoms with Gasteiger partial charge in [0.15, 0.2) is 0 Å². The maximum absolute atomic E-state index is 11.2. The number of hydrogen-bond donors (Lipinski definition) is 2. The zero-order valence-corrected chi connectivity index (χ0v) is 13.7. The number of carbonyl (C=O) groups is 1. The second-order valence-corrected chi connectivity index (χ2v) is 6.62. The molecule has 0 saturated carbocycles. The lowest BCUT2D eigenvalue weighted by molar-refractivity contribution is 0.0696. The molecule has 1 aromatic rings. The van der Waals surface area contributed by atoms with Crippen molar-refractivity contribution in [1.29, 1.82) is 0 Å². The first-order chi connectivity index (χ1) is 9.70. The van der Waals surface area contributed by atoms with Crippen molar-refractivity contribution in [3.05, 3.63) is 23.4 Å². The molecule has 21 heavy (non-hydrogen) atoms.